The van der Waals surface area contributed by atoms with Gasteiger partial charge in [-0.05, 0) is 30.7 Å². The number of ether oxygens (including phenoxy) is 1. The lowest BCUT2D eigenvalue weighted by Crippen LogP contribution is -2.52. The normalized spacial score (nSPS) is 12.9. The van der Waals surface area contributed by atoms with Crippen molar-refractivity contribution in [3.05, 3.63) is 48.6 Å². The molecular formula is C21H29NO5. The van der Waals surface area contributed by atoms with E-state index in [-0.39, 0.29) is 12.3 Å². The highest BCUT2D eigenvalue weighted by molar-refractivity contribution is 5.97. The molecule has 2 atom stereocenters. The molecule has 0 aliphatic rings. The fourth-order valence-electron chi connectivity index (χ4n) is 3.06. The Labute approximate surface area is 160 Å². The van der Waals surface area contributed by atoms with Gasteiger partial charge in [-0.3, -0.25) is 4.79 Å². The molecule has 1 aromatic carbocycles. The summed E-state index contributed by atoms with van der Waals surface area (Å²) in [4.78, 5) is 38.0. The SMILES string of the molecule is C=CCCC(CC(C)C)C(=O)N(C(=O)O)[C@@H](Cc1ccccc1)C(=O)OC. The second-order valence-electron chi connectivity index (χ2n) is 6.91. The number of carbonyl (C=O) groups is 3. The van der Waals surface area contributed by atoms with Crippen LogP contribution in [0.25, 0.3) is 0 Å². The first-order chi connectivity index (χ1) is 12.8. The number of methoxy groups -OCH3 is 1. The molecule has 148 valence electrons. The van der Waals surface area contributed by atoms with Crippen molar-refractivity contribution in [3.63, 3.8) is 0 Å². The molecule has 0 aliphatic heterocycles. The summed E-state index contributed by atoms with van der Waals surface area (Å²) in [5.41, 5.74) is 0.749. The van der Waals surface area contributed by atoms with Crippen LogP contribution in [0.15, 0.2) is 43.0 Å². The summed E-state index contributed by atoms with van der Waals surface area (Å²) in [6, 6.07) is 7.75. The fraction of sp³-hybridized carbons (Fsp3) is 0.476. The average Bonchev–Trinajstić information content (AvgIpc) is 2.64. The van der Waals surface area contributed by atoms with Gasteiger partial charge in [0.15, 0.2) is 0 Å². The van der Waals surface area contributed by atoms with Crippen LogP contribution in [-0.2, 0) is 20.7 Å². The van der Waals surface area contributed by atoms with Crippen molar-refractivity contribution < 1.29 is 24.2 Å². The Morgan fingerprint density at radius 2 is 1.85 bits per heavy atom. The first kappa shape index (κ1) is 22.4. The third kappa shape index (κ3) is 6.89. The lowest BCUT2D eigenvalue weighted by Gasteiger charge is -2.30. The summed E-state index contributed by atoms with van der Waals surface area (Å²) in [6.45, 7) is 7.61. The zero-order chi connectivity index (χ0) is 20.4. The quantitative estimate of drug-likeness (QED) is 0.495. The Balaban J connectivity index is 3.20. The summed E-state index contributed by atoms with van der Waals surface area (Å²) in [5, 5.41) is 9.72. The number of imide groups is 1. The van der Waals surface area contributed by atoms with E-state index in [1.165, 1.54) is 7.11 Å². The number of hydrogen-bond acceptors (Lipinski definition) is 4. The minimum Gasteiger partial charge on any atom is -0.467 e. The van der Waals surface area contributed by atoms with Gasteiger partial charge in [-0.15, -0.1) is 6.58 Å². The van der Waals surface area contributed by atoms with E-state index in [1.54, 1.807) is 30.3 Å². The summed E-state index contributed by atoms with van der Waals surface area (Å²) in [6.07, 6.45) is 1.95. The number of carbonyl (C=O) groups excluding carboxylic acids is 2. The van der Waals surface area contributed by atoms with Crippen LogP contribution in [0.3, 0.4) is 0 Å². The van der Waals surface area contributed by atoms with Crippen LogP contribution in [0.2, 0.25) is 0 Å². The lowest BCUT2D eigenvalue weighted by atomic mass is 9.90. The van der Waals surface area contributed by atoms with Crippen molar-refractivity contribution in [2.24, 2.45) is 11.8 Å². The summed E-state index contributed by atoms with van der Waals surface area (Å²) in [5.74, 6) is -1.60. The minimum atomic E-state index is -1.45. The van der Waals surface area contributed by atoms with Gasteiger partial charge in [0.25, 0.3) is 0 Å². The van der Waals surface area contributed by atoms with Crippen molar-refractivity contribution in [3.8, 4) is 0 Å². The van der Waals surface area contributed by atoms with Gasteiger partial charge in [-0.2, -0.15) is 0 Å². The molecule has 27 heavy (non-hydrogen) atoms. The molecule has 0 saturated carbocycles. The average molecular weight is 375 g/mol. The van der Waals surface area contributed by atoms with Crippen LogP contribution in [0.5, 0.6) is 0 Å². The van der Waals surface area contributed by atoms with Gasteiger partial charge >= 0.3 is 12.1 Å². The number of benzene rings is 1. The highest BCUT2D eigenvalue weighted by atomic mass is 16.5. The van der Waals surface area contributed by atoms with Gasteiger partial charge < -0.3 is 9.84 Å². The molecule has 1 aromatic rings. The first-order valence-electron chi connectivity index (χ1n) is 9.10. The van der Waals surface area contributed by atoms with E-state index in [2.05, 4.69) is 6.58 Å². The van der Waals surface area contributed by atoms with E-state index in [0.29, 0.717) is 24.2 Å². The molecular weight excluding hydrogens is 346 g/mol. The topological polar surface area (TPSA) is 83.9 Å². The Bertz CT molecular complexity index is 641. The van der Waals surface area contributed by atoms with E-state index in [9.17, 15) is 19.5 Å². The molecule has 6 heteroatoms. The maximum Gasteiger partial charge on any atom is 0.414 e. The molecule has 0 heterocycles. The van der Waals surface area contributed by atoms with E-state index >= 15 is 0 Å². The largest absolute Gasteiger partial charge is 0.467 e. The number of hydrogen-bond donors (Lipinski definition) is 1. The van der Waals surface area contributed by atoms with Gasteiger partial charge in [-0.25, -0.2) is 14.5 Å². The number of allylic oxidation sites excluding steroid dienone is 1. The molecule has 0 radical (unpaired) electrons. The molecule has 0 aromatic heterocycles. The molecule has 0 saturated heterocycles. The van der Waals surface area contributed by atoms with E-state index in [4.69, 9.17) is 4.74 Å². The van der Waals surface area contributed by atoms with E-state index in [0.717, 1.165) is 5.56 Å². The Morgan fingerprint density at radius 3 is 2.33 bits per heavy atom. The Morgan fingerprint density at radius 1 is 1.22 bits per heavy atom. The van der Waals surface area contributed by atoms with Gasteiger partial charge in [0.2, 0.25) is 5.91 Å². The zero-order valence-electron chi connectivity index (χ0n) is 16.3. The Hall–Kier alpha value is -2.63. The monoisotopic (exact) mass is 375 g/mol. The van der Waals surface area contributed by atoms with Crippen molar-refractivity contribution in [2.45, 2.75) is 45.6 Å². The van der Waals surface area contributed by atoms with Crippen LogP contribution in [-0.4, -0.2) is 41.1 Å². The number of esters is 1. The second-order valence-corrected chi connectivity index (χ2v) is 6.91. The summed E-state index contributed by atoms with van der Waals surface area (Å²) < 4.78 is 4.80. The predicted molar refractivity (Wildman–Crippen MR) is 103 cm³/mol. The molecule has 1 N–H and O–H groups in total. The van der Waals surface area contributed by atoms with Crippen molar-refractivity contribution in [1.29, 1.82) is 0 Å². The number of amides is 2. The van der Waals surface area contributed by atoms with Crippen molar-refractivity contribution in [1.82, 2.24) is 4.90 Å². The highest BCUT2D eigenvalue weighted by Crippen LogP contribution is 2.23. The van der Waals surface area contributed by atoms with E-state index in [1.807, 2.05) is 19.9 Å². The zero-order valence-corrected chi connectivity index (χ0v) is 16.3. The van der Waals surface area contributed by atoms with Crippen LogP contribution >= 0.6 is 0 Å². The number of rotatable bonds is 10. The highest BCUT2D eigenvalue weighted by Gasteiger charge is 2.38. The first-order valence-corrected chi connectivity index (χ1v) is 9.10. The standard InChI is InChI=1S/C21H29NO5/c1-5-6-12-17(13-15(2)3)19(23)22(21(25)26)18(20(24)27-4)14-16-10-8-7-9-11-16/h5,7-11,15,17-18H,1,6,12-14H2,2-4H3,(H,25,26)/t17?,18-/m0/s1. The maximum atomic E-state index is 13.1. The number of carboxylic acid groups (broad SMARTS) is 1. The molecule has 1 rings (SSSR count). The van der Waals surface area contributed by atoms with Crippen molar-refractivity contribution >= 4 is 18.0 Å². The van der Waals surface area contributed by atoms with Crippen LogP contribution in [0, 0.1) is 11.8 Å². The third-order valence-corrected chi connectivity index (χ3v) is 4.32. The molecule has 6 nitrogen and oxygen atoms in total. The van der Waals surface area contributed by atoms with Crippen LogP contribution < -0.4 is 0 Å². The lowest BCUT2D eigenvalue weighted by molar-refractivity contribution is -0.152. The second kappa shape index (κ2) is 11.2. The molecule has 0 aliphatic carbocycles. The molecule has 2 amide bonds. The molecule has 0 fully saturated rings. The van der Waals surface area contributed by atoms with Gasteiger partial charge in [0.1, 0.15) is 6.04 Å². The Kier molecular flexibility index (Phi) is 9.26. The molecule has 1 unspecified atom stereocenters. The van der Waals surface area contributed by atoms with Gasteiger partial charge in [0.05, 0.1) is 7.11 Å². The van der Waals surface area contributed by atoms with Crippen molar-refractivity contribution in [2.75, 3.05) is 7.11 Å². The van der Waals surface area contributed by atoms with Gasteiger partial charge in [0, 0.05) is 12.3 Å². The maximum absolute atomic E-state index is 13.1. The third-order valence-electron chi connectivity index (χ3n) is 4.32. The van der Waals surface area contributed by atoms with E-state index < -0.39 is 29.9 Å². The van der Waals surface area contributed by atoms with Crippen LogP contribution in [0.1, 0.15) is 38.7 Å². The minimum absolute atomic E-state index is 0.0708. The molecule has 0 bridgehead atoms. The summed E-state index contributed by atoms with van der Waals surface area (Å²) >= 11 is 0. The fourth-order valence-corrected chi connectivity index (χ4v) is 3.06. The predicted octanol–water partition coefficient (Wildman–Crippen LogP) is 3.91. The molecule has 0 spiro atoms. The summed E-state index contributed by atoms with van der Waals surface area (Å²) in [7, 11) is 1.19. The van der Waals surface area contributed by atoms with Gasteiger partial charge in [-0.1, -0.05) is 50.3 Å². The smallest absolute Gasteiger partial charge is 0.414 e. The van der Waals surface area contributed by atoms with Crippen LogP contribution in [0.4, 0.5) is 4.79 Å². The number of nitrogens with zero attached hydrogens (tertiary/aromatic N) is 1.